The van der Waals surface area contributed by atoms with E-state index in [9.17, 15) is 19.5 Å². The Balaban J connectivity index is 1.49. The van der Waals surface area contributed by atoms with Crippen molar-refractivity contribution in [3.63, 3.8) is 0 Å². The fourth-order valence-corrected chi connectivity index (χ4v) is 5.80. The van der Waals surface area contributed by atoms with Gasteiger partial charge in [-0.3, -0.25) is 9.59 Å². The van der Waals surface area contributed by atoms with Crippen LogP contribution in [-0.4, -0.2) is 42.3 Å². The standard InChI is InChI=1S/C24H21NO6S/c1-30-24(29)18-15(14-7-6-12-4-2-3-5-13(12)10-14)11-32-22(18)25-21(26)19-16-8-9-17(31-16)20(19)23(27)28/h2-7,10-11,16-17,19-20H,8-9H2,1H3,(H,25,26)(H,27,28). The molecule has 164 valence electrons. The maximum absolute atomic E-state index is 13.1. The molecular formula is C24H21NO6S. The Labute approximate surface area is 188 Å². The van der Waals surface area contributed by atoms with Crippen molar-refractivity contribution in [3.05, 3.63) is 53.4 Å². The SMILES string of the molecule is COC(=O)c1c(-c2ccc3ccccc3c2)csc1NC(=O)C1C2CCC(O2)C1C(=O)O. The zero-order valence-electron chi connectivity index (χ0n) is 17.2. The largest absolute Gasteiger partial charge is 0.481 e. The number of hydrogen-bond donors (Lipinski definition) is 2. The molecule has 1 aromatic heterocycles. The van der Waals surface area contributed by atoms with Crippen LogP contribution >= 0.6 is 11.3 Å². The van der Waals surface area contributed by atoms with E-state index in [1.807, 2.05) is 42.5 Å². The fraction of sp³-hybridized carbons (Fsp3) is 0.292. The highest BCUT2D eigenvalue weighted by molar-refractivity contribution is 7.15. The van der Waals surface area contributed by atoms with Crippen LogP contribution in [0.3, 0.4) is 0 Å². The number of methoxy groups -OCH3 is 1. The van der Waals surface area contributed by atoms with E-state index in [0.29, 0.717) is 23.4 Å². The van der Waals surface area contributed by atoms with Gasteiger partial charge in [-0.05, 0) is 35.2 Å². The number of aliphatic carboxylic acids is 1. The second-order valence-corrected chi connectivity index (χ2v) is 8.96. The predicted octanol–water partition coefficient (Wildman–Crippen LogP) is 4.17. The van der Waals surface area contributed by atoms with Crippen molar-refractivity contribution in [1.82, 2.24) is 0 Å². The Bertz CT molecular complexity index is 1230. The predicted molar refractivity (Wildman–Crippen MR) is 120 cm³/mol. The molecule has 2 fully saturated rings. The van der Waals surface area contributed by atoms with Crippen molar-refractivity contribution in [3.8, 4) is 11.1 Å². The molecule has 7 nitrogen and oxygen atoms in total. The van der Waals surface area contributed by atoms with Crippen molar-refractivity contribution in [2.75, 3.05) is 12.4 Å². The third-order valence-corrected chi connectivity index (χ3v) is 7.23. The molecule has 0 radical (unpaired) electrons. The number of thiophene rings is 1. The van der Waals surface area contributed by atoms with Crippen LogP contribution in [0.2, 0.25) is 0 Å². The third kappa shape index (κ3) is 3.36. The van der Waals surface area contributed by atoms with E-state index in [-0.39, 0.29) is 5.56 Å². The highest BCUT2D eigenvalue weighted by Crippen LogP contribution is 2.45. The number of esters is 1. The molecule has 2 aliphatic rings. The summed E-state index contributed by atoms with van der Waals surface area (Å²) in [6.45, 7) is 0. The van der Waals surface area contributed by atoms with Crippen LogP contribution < -0.4 is 5.32 Å². The molecule has 8 heteroatoms. The van der Waals surface area contributed by atoms with Crippen molar-refractivity contribution in [2.45, 2.75) is 25.0 Å². The highest BCUT2D eigenvalue weighted by Gasteiger charge is 2.55. The summed E-state index contributed by atoms with van der Waals surface area (Å²) in [5.41, 5.74) is 1.74. The van der Waals surface area contributed by atoms with Crippen LogP contribution in [0.1, 0.15) is 23.2 Å². The van der Waals surface area contributed by atoms with E-state index >= 15 is 0 Å². The zero-order chi connectivity index (χ0) is 22.4. The molecule has 2 N–H and O–H groups in total. The number of anilines is 1. The van der Waals surface area contributed by atoms with Crippen molar-refractivity contribution in [1.29, 1.82) is 0 Å². The summed E-state index contributed by atoms with van der Waals surface area (Å²) in [4.78, 5) is 37.5. The lowest BCUT2D eigenvalue weighted by molar-refractivity contribution is -0.147. The Hall–Kier alpha value is -3.23. The van der Waals surface area contributed by atoms with Gasteiger partial charge in [0.15, 0.2) is 0 Å². The first-order valence-electron chi connectivity index (χ1n) is 10.4. The first kappa shape index (κ1) is 20.7. The summed E-state index contributed by atoms with van der Waals surface area (Å²) in [5, 5.41) is 16.7. The fourth-order valence-electron chi connectivity index (χ4n) is 4.84. The van der Waals surface area contributed by atoms with Gasteiger partial charge in [0, 0.05) is 10.9 Å². The lowest BCUT2D eigenvalue weighted by Gasteiger charge is -2.23. The molecule has 4 unspecified atom stereocenters. The molecule has 0 saturated carbocycles. The van der Waals surface area contributed by atoms with Crippen molar-refractivity contribution in [2.24, 2.45) is 11.8 Å². The normalized spacial score (nSPS) is 23.9. The molecule has 3 aromatic rings. The molecule has 32 heavy (non-hydrogen) atoms. The molecule has 5 rings (SSSR count). The number of amides is 1. The van der Waals surface area contributed by atoms with Gasteiger partial charge in [0.1, 0.15) is 10.6 Å². The maximum Gasteiger partial charge on any atom is 0.341 e. The van der Waals surface area contributed by atoms with Crippen LogP contribution in [0.5, 0.6) is 0 Å². The average Bonchev–Trinajstić information content (AvgIpc) is 3.52. The molecule has 2 saturated heterocycles. The number of hydrogen-bond acceptors (Lipinski definition) is 6. The van der Waals surface area contributed by atoms with Gasteiger partial charge >= 0.3 is 11.9 Å². The van der Waals surface area contributed by atoms with E-state index in [1.165, 1.54) is 18.4 Å². The number of rotatable bonds is 5. The molecule has 0 spiro atoms. The van der Waals surface area contributed by atoms with Crippen LogP contribution in [0, 0.1) is 11.8 Å². The van der Waals surface area contributed by atoms with Crippen LogP contribution in [0.25, 0.3) is 21.9 Å². The monoisotopic (exact) mass is 451 g/mol. The van der Waals surface area contributed by atoms with Gasteiger partial charge < -0.3 is 19.9 Å². The summed E-state index contributed by atoms with van der Waals surface area (Å²) < 4.78 is 10.7. The third-order valence-electron chi connectivity index (χ3n) is 6.34. The van der Waals surface area contributed by atoms with Gasteiger partial charge in [-0.2, -0.15) is 0 Å². The Morgan fingerprint density at radius 1 is 1.06 bits per heavy atom. The van der Waals surface area contributed by atoms with Gasteiger partial charge in [-0.25, -0.2) is 4.79 Å². The van der Waals surface area contributed by atoms with E-state index in [2.05, 4.69) is 5.32 Å². The molecule has 2 bridgehead atoms. The number of nitrogens with one attached hydrogen (secondary N) is 1. The minimum absolute atomic E-state index is 0.261. The summed E-state index contributed by atoms with van der Waals surface area (Å²) in [6.07, 6.45) is 0.444. The summed E-state index contributed by atoms with van der Waals surface area (Å²) in [6, 6.07) is 13.8. The Morgan fingerprint density at radius 2 is 1.78 bits per heavy atom. The molecule has 3 heterocycles. The number of benzene rings is 2. The smallest absolute Gasteiger partial charge is 0.341 e. The zero-order valence-corrected chi connectivity index (χ0v) is 18.1. The first-order valence-corrected chi connectivity index (χ1v) is 11.2. The highest BCUT2D eigenvalue weighted by atomic mass is 32.1. The number of ether oxygens (including phenoxy) is 2. The molecule has 4 atom stereocenters. The van der Waals surface area contributed by atoms with Gasteiger partial charge in [-0.1, -0.05) is 36.4 Å². The molecule has 2 aliphatic heterocycles. The van der Waals surface area contributed by atoms with Gasteiger partial charge in [0.25, 0.3) is 0 Å². The van der Waals surface area contributed by atoms with Crippen LogP contribution in [0.4, 0.5) is 5.00 Å². The van der Waals surface area contributed by atoms with E-state index in [4.69, 9.17) is 9.47 Å². The molecule has 2 aromatic carbocycles. The van der Waals surface area contributed by atoms with Crippen LogP contribution in [0.15, 0.2) is 47.8 Å². The number of fused-ring (bicyclic) bond motifs is 3. The Morgan fingerprint density at radius 3 is 2.50 bits per heavy atom. The van der Waals surface area contributed by atoms with Gasteiger partial charge in [0.2, 0.25) is 5.91 Å². The molecular weight excluding hydrogens is 430 g/mol. The molecule has 1 amide bonds. The first-order chi connectivity index (χ1) is 15.5. The van der Waals surface area contributed by atoms with Crippen LogP contribution in [-0.2, 0) is 19.1 Å². The number of carboxylic acid groups (broad SMARTS) is 1. The van der Waals surface area contributed by atoms with Gasteiger partial charge in [0.05, 0.1) is 31.2 Å². The second-order valence-electron chi connectivity index (χ2n) is 8.08. The van der Waals surface area contributed by atoms with E-state index in [1.54, 1.807) is 5.38 Å². The molecule has 0 aliphatic carbocycles. The maximum atomic E-state index is 13.1. The minimum atomic E-state index is -1.03. The van der Waals surface area contributed by atoms with Crippen molar-refractivity contribution < 1.29 is 29.0 Å². The van der Waals surface area contributed by atoms with Gasteiger partial charge in [-0.15, -0.1) is 11.3 Å². The number of carbonyl (C=O) groups is 3. The lowest BCUT2D eigenvalue weighted by atomic mass is 9.79. The topological polar surface area (TPSA) is 102 Å². The quantitative estimate of drug-likeness (QED) is 0.565. The van der Waals surface area contributed by atoms with E-state index < -0.39 is 41.9 Å². The average molecular weight is 452 g/mol. The van der Waals surface area contributed by atoms with Crippen molar-refractivity contribution >= 4 is 45.0 Å². The summed E-state index contributed by atoms with van der Waals surface area (Å²) in [5.74, 6) is -3.71. The minimum Gasteiger partial charge on any atom is -0.481 e. The summed E-state index contributed by atoms with van der Waals surface area (Å²) >= 11 is 1.22. The van der Waals surface area contributed by atoms with E-state index in [0.717, 1.165) is 16.3 Å². The second kappa shape index (κ2) is 8.03. The Kier molecular flexibility index (Phi) is 5.19. The lowest BCUT2D eigenvalue weighted by Crippen LogP contribution is -2.41. The number of carbonyl (C=O) groups excluding carboxylic acids is 2. The number of carboxylic acids is 1. The summed E-state index contributed by atoms with van der Waals surface area (Å²) in [7, 11) is 1.29.